The highest BCUT2D eigenvalue weighted by molar-refractivity contribution is 7.08. The lowest BCUT2D eigenvalue weighted by Crippen LogP contribution is -2.11. The van der Waals surface area contributed by atoms with Gasteiger partial charge >= 0.3 is 0 Å². The average molecular weight is 302 g/mol. The maximum atomic E-state index is 13.5. The van der Waals surface area contributed by atoms with Crippen LogP contribution >= 0.6 is 11.3 Å². The van der Waals surface area contributed by atoms with Gasteiger partial charge in [0.25, 0.3) is 5.91 Å². The summed E-state index contributed by atoms with van der Waals surface area (Å²) in [6, 6.07) is 7.85. The van der Waals surface area contributed by atoms with Crippen LogP contribution in [0.25, 0.3) is 11.3 Å². The first-order valence-electron chi connectivity index (χ1n) is 6.20. The Bertz CT molecular complexity index is 781. The highest BCUT2D eigenvalue weighted by Crippen LogP contribution is 2.24. The van der Waals surface area contributed by atoms with E-state index in [1.54, 1.807) is 36.5 Å². The summed E-state index contributed by atoms with van der Waals surface area (Å²) in [6.45, 7) is 1.64. The molecule has 106 valence electrons. The van der Waals surface area contributed by atoms with E-state index in [1.165, 1.54) is 6.07 Å². The van der Waals surface area contributed by atoms with E-state index >= 15 is 0 Å². The first-order chi connectivity index (χ1) is 10.1. The summed E-state index contributed by atoms with van der Waals surface area (Å²) in [5.41, 5.74) is 2.28. The Morgan fingerprint density at radius 1 is 1.33 bits per heavy atom. The van der Waals surface area contributed by atoms with E-state index < -0.39 is 11.7 Å². The van der Waals surface area contributed by atoms with Gasteiger partial charge in [0, 0.05) is 22.6 Å². The van der Waals surface area contributed by atoms with Crippen molar-refractivity contribution in [2.24, 2.45) is 0 Å². The minimum absolute atomic E-state index is 0.224. The van der Waals surface area contributed by atoms with E-state index in [4.69, 9.17) is 4.52 Å². The third-order valence-electron chi connectivity index (χ3n) is 3.00. The third kappa shape index (κ3) is 2.85. The van der Waals surface area contributed by atoms with Gasteiger partial charge in [-0.05, 0) is 36.1 Å². The van der Waals surface area contributed by atoms with Gasteiger partial charge in [-0.2, -0.15) is 11.3 Å². The number of aromatic nitrogens is 1. The predicted octanol–water partition coefficient (Wildman–Crippen LogP) is 4.10. The van der Waals surface area contributed by atoms with Crippen molar-refractivity contribution in [1.82, 2.24) is 5.16 Å². The lowest BCUT2D eigenvalue weighted by Gasteiger charge is -2.02. The molecule has 6 heteroatoms. The maximum absolute atomic E-state index is 13.5. The van der Waals surface area contributed by atoms with Crippen LogP contribution in [0.4, 0.5) is 10.3 Å². The molecule has 0 aliphatic carbocycles. The molecular formula is C15H11FN2O2S. The number of thiophene rings is 1. The van der Waals surface area contributed by atoms with E-state index in [0.29, 0.717) is 11.3 Å². The summed E-state index contributed by atoms with van der Waals surface area (Å²) in [7, 11) is 0. The smallest absolute Gasteiger partial charge is 0.258 e. The van der Waals surface area contributed by atoms with Crippen LogP contribution in [0.2, 0.25) is 0 Å². The number of benzene rings is 1. The van der Waals surface area contributed by atoms with E-state index in [2.05, 4.69) is 10.5 Å². The maximum Gasteiger partial charge on any atom is 0.258 e. The van der Waals surface area contributed by atoms with Crippen molar-refractivity contribution in [2.45, 2.75) is 6.92 Å². The summed E-state index contributed by atoms with van der Waals surface area (Å²) in [5.74, 6) is -0.636. The van der Waals surface area contributed by atoms with Crippen LogP contribution in [0.5, 0.6) is 0 Å². The topological polar surface area (TPSA) is 55.1 Å². The molecule has 0 spiro atoms. The molecule has 3 aromatic rings. The molecular weight excluding hydrogens is 291 g/mol. The number of amides is 1. The molecule has 0 aliphatic rings. The number of halogens is 1. The zero-order chi connectivity index (χ0) is 14.8. The zero-order valence-electron chi connectivity index (χ0n) is 11.1. The van der Waals surface area contributed by atoms with Crippen molar-refractivity contribution in [3.63, 3.8) is 0 Å². The minimum atomic E-state index is -0.443. The Hall–Kier alpha value is -2.47. The highest BCUT2D eigenvalue weighted by Gasteiger charge is 2.12. The molecule has 0 unspecified atom stereocenters. The first kappa shape index (κ1) is 13.5. The van der Waals surface area contributed by atoms with Gasteiger partial charge in [-0.15, -0.1) is 0 Å². The molecule has 1 N–H and O–H groups in total. The van der Waals surface area contributed by atoms with Gasteiger partial charge in [-0.25, -0.2) is 4.39 Å². The molecule has 3 rings (SSSR count). The van der Waals surface area contributed by atoms with Crippen LogP contribution in [-0.4, -0.2) is 11.1 Å². The number of hydrogen-bond acceptors (Lipinski definition) is 4. The molecule has 0 radical (unpaired) electrons. The summed E-state index contributed by atoms with van der Waals surface area (Å²) in [4.78, 5) is 12.0. The van der Waals surface area contributed by atoms with E-state index in [0.717, 1.165) is 5.56 Å². The van der Waals surface area contributed by atoms with Gasteiger partial charge in [0.2, 0.25) is 5.88 Å². The van der Waals surface area contributed by atoms with Crippen LogP contribution in [0.3, 0.4) is 0 Å². The van der Waals surface area contributed by atoms with Gasteiger partial charge in [0.15, 0.2) is 0 Å². The molecule has 0 bridgehead atoms. The molecule has 1 aromatic carbocycles. The van der Waals surface area contributed by atoms with Crippen molar-refractivity contribution in [3.8, 4) is 11.3 Å². The second kappa shape index (κ2) is 5.49. The van der Waals surface area contributed by atoms with Crippen molar-refractivity contribution >= 4 is 23.1 Å². The van der Waals surface area contributed by atoms with Crippen molar-refractivity contribution < 1.29 is 13.7 Å². The Labute approximate surface area is 124 Å². The molecule has 0 saturated heterocycles. The molecule has 0 aliphatic heterocycles. The first-order valence-corrected chi connectivity index (χ1v) is 7.14. The van der Waals surface area contributed by atoms with Crippen molar-refractivity contribution in [1.29, 1.82) is 0 Å². The van der Waals surface area contributed by atoms with E-state index in [-0.39, 0.29) is 11.4 Å². The number of nitrogens with one attached hydrogen (secondary N) is 1. The van der Waals surface area contributed by atoms with Gasteiger partial charge in [-0.3, -0.25) is 10.1 Å². The summed E-state index contributed by atoms with van der Waals surface area (Å²) in [6.07, 6.45) is 0. The fourth-order valence-electron chi connectivity index (χ4n) is 1.80. The standard InChI is InChI=1S/C15H11FN2O2S/c1-9-2-3-10(6-12(9)16)15(19)17-14-7-13(18-20-14)11-4-5-21-8-11/h2-8H,1H3,(H,17,19). The monoisotopic (exact) mass is 302 g/mol. The van der Waals surface area contributed by atoms with Crippen molar-refractivity contribution in [2.75, 3.05) is 5.32 Å². The molecule has 1 amide bonds. The Morgan fingerprint density at radius 3 is 2.90 bits per heavy atom. The average Bonchev–Trinajstić information content (AvgIpc) is 3.12. The molecule has 0 fully saturated rings. The second-order valence-corrected chi connectivity index (χ2v) is 5.29. The van der Waals surface area contributed by atoms with Gasteiger partial charge in [0.05, 0.1) is 0 Å². The largest absolute Gasteiger partial charge is 0.338 e. The van der Waals surface area contributed by atoms with Gasteiger partial charge in [0.1, 0.15) is 11.5 Å². The lowest BCUT2D eigenvalue weighted by atomic mass is 10.1. The van der Waals surface area contributed by atoms with Crippen LogP contribution in [0.1, 0.15) is 15.9 Å². The normalized spacial score (nSPS) is 10.6. The van der Waals surface area contributed by atoms with Crippen LogP contribution in [-0.2, 0) is 0 Å². The fourth-order valence-corrected chi connectivity index (χ4v) is 2.45. The Balaban J connectivity index is 1.77. The number of nitrogens with zero attached hydrogens (tertiary/aromatic N) is 1. The fraction of sp³-hybridized carbons (Fsp3) is 0.0667. The zero-order valence-corrected chi connectivity index (χ0v) is 11.9. The van der Waals surface area contributed by atoms with Crippen LogP contribution in [0, 0.1) is 12.7 Å². The lowest BCUT2D eigenvalue weighted by molar-refractivity contribution is 0.102. The second-order valence-electron chi connectivity index (χ2n) is 4.51. The molecule has 2 heterocycles. The van der Waals surface area contributed by atoms with Crippen LogP contribution in [0.15, 0.2) is 45.6 Å². The predicted molar refractivity (Wildman–Crippen MR) is 78.9 cm³/mol. The van der Waals surface area contributed by atoms with Crippen molar-refractivity contribution in [3.05, 3.63) is 58.0 Å². The van der Waals surface area contributed by atoms with Gasteiger partial charge < -0.3 is 4.52 Å². The summed E-state index contributed by atoms with van der Waals surface area (Å²) in [5, 5.41) is 10.3. The van der Waals surface area contributed by atoms with E-state index in [1.807, 2.05) is 16.8 Å². The number of carbonyl (C=O) groups is 1. The Kier molecular flexibility index (Phi) is 3.53. The molecule has 21 heavy (non-hydrogen) atoms. The molecule has 0 atom stereocenters. The van der Waals surface area contributed by atoms with Crippen LogP contribution < -0.4 is 5.32 Å². The minimum Gasteiger partial charge on any atom is -0.338 e. The summed E-state index contributed by atoms with van der Waals surface area (Å²) >= 11 is 1.55. The third-order valence-corrected chi connectivity index (χ3v) is 3.68. The molecule has 0 saturated carbocycles. The number of rotatable bonds is 3. The number of hydrogen-bond donors (Lipinski definition) is 1. The van der Waals surface area contributed by atoms with Gasteiger partial charge in [-0.1, -0.05) is 11.2 Å². The summed E-state index contributed by atoms with van der Waals surface area (Å²) < 4.78 is 18.5. The number of carbonyl (C=O) groups excluding carboxylic acids is 1. The number of aryl methyl sites for hydroxylation is 1. The highest BCUT2D eigenvalue weighted by atomic mass is 32.1. The SMILES string of the molecule is Cc1ccc(C(=O)Nc2cc(-c3ccsc3)no2)cc1F. The number of anilines is 1. The Morgan fingerprint density at radius 2 is 2.19 bits per heavy atom. The van der Waals surface area contributed by atoms with E-state index in [9.17, 15) is 9.18 Å². The molecule has 4 nitrogen and oxygen atoms in total. The molecule has 2 aromatic heterocycles. The quantitative estimate of drug-likeness (QED) is 0.792.